The quantitative estimate of drug-likeness (QED) is 0.462. The van der Waals surface area contributed by atoms with Crippen LogP contribution in [0, 0.1) is 6.92 Å². The summed E-state index contributed by atoms with van der Waals surface area (Å²) in [5.41, 5.74) is 1.27. The van der Waals surface area contributed by atoms with Gasteiger partial charge in [-0.2, -0.15) is 0 Å². The summed E-state index contributed by atoms with van der Waals surface area (Å²) in [5.74, 6) is 0. The summed E-state index contributed by atoms with van der Waals surface area (Å²) in [6.45, 7) is 9.27. The molecule has 0 heterocycles. The van der Waals surface area contributed by atoms with Crippen LogP contribution < -0.4 is 0 Å². The van der Waals surface area contributed by atoms with Gasteiger partial charge in [-0.3, -0.25) is 0 Å². The fourth-order valence-corrected chi connectivity index (χ4v) is 0.285. The molecule has 39 valence electrons. The first kappa shape index (κ1) is 6.48. The second-order valence-corrected chi connectivity index (χ2v) is 1.50. The summed E-state index contributed by atoms with van der Waals surface area (Å²) >= 11 is 0. The van der Waals surface area contributed by atoms with Crippen LogP contribution in [0.25, 0.3) is 0 Å². The van der Waals surface area contributed by atoms with Crippen molar-refractivity contribution in [3.63, 3.8) is 0 Å². The predicted octanol–water partition coefficient (Wildman–Crippen LogP) is 2.34. The van der Waals surface area contributed by atoms with Crippen molar-refractivity contribution < 1.29 is 0 Å². The molecule has 0 aliphatic heterocycles. The molecule has 0 amide bonds. The van der Waals surface area contributed by atoms with Crippen LogP contribution in [0.1, 0.15) is 13.3 Å². The van der Waals surface area contributed by atoms with Gasteiger partial charge in [0.05, 0.1) is 0 Å². The molecular weight excluding hydrogens is 84.1 g/mol. The Balaban J connectivity index is 3.49. The van der Waals surface area contributed by atoms with E-state index in [9.17, 15) is 0 Å². The molecule has 0 aromatic rings. The molecule has 0 saturated heterocycles. The summed E-state index contributed by atoms with van der Waals surface area (Å²) in [6, 6.07) is 0. The maximum absolute atomic E-state index is 3.69. The van der Waals surface area contributed by atoms with Crippen LogP contribution in [0.15, 0.2) is 24.3 Å². The second kappa shape index (κ2) is 3.66. The lowest BCUT2D eigenvalue weighted by atomic mass is 10.2. The standard InChI is InChI=1S/C7H11/c1-4-6-7(3)5-2/h4,6H,1-2,5H2,3H3/b7-6+. The van der Waals surface area contributed by atoms with Crippen molar-refractivity contribution >= 4 is 0 Å². The van der Waals surface area contributed by atoms with Gasteiger partial charge in [0.15, 0.2) is 0 Å². The van der Waals surface area contributed by atoms with E-state index >= 15 is 0 Å². The Morgan fingerprint density at radius 2 is 2.29 bits per heavy atom. The molecule has 0 nitrogen and oxygen atoms in total. The Kier molecular flexibility index (Phi) is 3.39. The van der Waals surface area contributed by atoms with Gasteiger partial charge < -0.3 is 0 Å². The van der Waals surface area contributed by atoms with E-state index in [0.717, 1.165) is 6.42 Å². The highest BCUT2D eigenvalue weighted by molar-refractivity contribution is 5.07. The van der Waals surface area contributed by atoms with E-state index in [0.29, 0.717) is 0 Å². The molecular formula is C7H11. The van der Waals surface area contributed by atoms with Gasteiger partial charge in [0.25, 0.3) is 0 Å². The number of hydrogen-bond donors (Lipinski definition) is 0. The van der Waals surface area contributed by atoms with Crippen LogP contribution >= 0.6 is 0 Å². The van der Waals surface area contributed by atoms with Crippen molar-refractivity contribution in [1.29, 1.82) is 0 Å². The largest absolute Gasteiger partial charge is 0.0991 e. The van der Waals surface area contributed by atoms with Crippen molar-refractivity contribution in [2.24, 2.45) is 0 Å². The SMILES string of the molecule is [CH2]C/C(C)=C/C=C. The molecule has 0 aromatic heterocycles. The van der Waals surface area contributed by atoms with Gasteiger partial charge in [-0.15, -0.1) is 0 Å². The Bertz CT molecular complexity index is 78.0. The Morgan fingerprint density at radius 3 is 2.43 bits per heavy atom. The van der Waals surface area contributed by atoms with Crippen molar-refractivity contribution in [1.82, 2.24) is 0 Å². The first-order chi connectivity index (χ1) is 3.31. The minimum atomic E-state index is 0.881. The van der Waals surface area contributed by atoms with Gasteiger partial charge in [0.1, 0.15) is 0 Å². The van der Waals surface area contributed by atoms with Crippen molar-refractivity contribution in [3.05, 3.63) is 31.2 Å². The molecule has 0 atom stereocenters. The van der Waals surface area contributed by atoms with Gasteiger partial charge in [-0.1, -0.05) is 24.3 Å². The fourth-order valence-electron chi connectivity index (χ4n) is 0.285. The van der Waals surface area contributed by atoms with Gasteiger partial charge >= 0.3 is 0 Å². The zero-order valence-corrected chi connectivity index (χ0v) is 4.78. The zero-order chi connectivity index (χ0) is 5.70. The Hall–Kier alpha value is -0.520. The topological polar surface area (TPSA) is 0 Å². The van der Waals surface area contributed by atoms with Gasteiger partial charge in [-0.05, 0) is 20.3 Å². The average molecular weight is 95.2 g/mol. The summed E-state index contributed by atoms with van der Waals surface area (Å²) in [5, 5.41) is 0. The van der Waals surface area contributed by atoms with E-state index in [2.05, 4.69) is 13.5 Å². The predicted molar refractivity (Wildman–Crippen MR) is 33.9 cm³/mol. The van der Waals surface area contributed by atoms with Gasteiger partial charge in [-0.25, -0.2) is 0 Å². The van der Waals surface area contributed by atoms with Gasteiger partial charge in [0, 0.05) is 0 Å². The van der Waals surface area contributed by atoms with Gasteiger partial charge in [0.2, 0.25) is 0 Å². The molecule has 0 N–H and O–H groups in total. The van der Waals surface area contributed by atoms with E-state index in [1.807, 2.05) is 13.0 Å². The molecule has 0 saturated carbocycles. The molecule has 0 aliphatic rings. The zero-order valence-electron chi connectivity index (χ0n) is 4.78. The minimum Gasteiger partial charge on any atom is -0.0991 e. The maximum atomic E-state index is 3.69. The molecule has 0 rings (SSSR count). The molecule has 0 spiro atoms. The van der Waals surface area contributed by atoms with Crippen LogP contribution in [-0.2, 0) is 0 Å². The summed E-state index contributed by atoms with van der Waals surface area (Å²) in [7, 11) is 0. The first-order valence-corrected chi connectivity index (χ1v) is 2.38. The third kappa shape index (κ3) is 3.31. The van der Waals surface area contributed by atoms with Crippen LogP contribution in [0.2, 0.25) is 0 Å². The Labute approximate surface area is 45.5 Å². The molecule has 7 heavy (non-hydrogen) atoms. The fraction of sp³-hybridized carbons (Fsp3) is 0.286. The van der Waals surface area contributed by atoms with Crippen molar-refractivity contribution in [2.45, 2.75) is 13.3 Å². The second-order valence-electron chi connectivity index (χ2n) is 1.50. The van der Waals surface area contributed by atoms with Crippen LogP contribution in [0.3, 0.4) is 0 Å². The molecule has 0 heteroatoms. The van der Waals surface area contributed by atoms with Crippen LogP contribution in [0.4, 0.5) is 0 Å². The average Bonchev–Trinajstić information content (AvgIpc) is 1.68. The third-order valence-electron chi connectivity index (χ3n) is 0.797. The van der Waals surface area contributed by atoms with E-state index in [-0.39, 0.29) is 0 Å². The lowest BCUT2D eigenvalue weighted by Gasteiger charge is -1.86. The van der Waals surface area contributed by atoms with Crippen LogP contribution in [-0.4, -0.2) is 0 Å². The smallest absolute Gasteiger partial charge is 0.0320 e. The van der Waals surface area contributed by atoms with E-state index in [1.165, 1.54) is 5.57 Å². The summed E-state index contributed by atoms with van der Waals surface area (Å²) in [6.07, 6.45) is 4.62. The maximum Gasteiger partial charge on any atom is -0.0320 e. The number of rotatable bonds is 2. The molecule has 1 radical (unpaired) electrons. The van der Waals surface area contributed by atoms with E-state index < -0.39 is 0 Å². The first-order valence-electron chi connectivity index (χ1n) is 2.38. The third-order valence-corrected chi connectivity index (χ3v) is 0.797. The molecule has 0 fully saturated rings. The number of allylic oxidation sites excluding steroid dienone is 3. The highest BCUT2D eigenvalue weighted by Gasteiger charge is 1.74. The minimum absolute atomic E-state index is 0.881. The monoisotopic (exact) mass is 95.1 g/mol. The lowest BCUT2D eigenvalue weighted by molar-refractivity contribution is 1.21. The van der Waals surface area contributed by atoms with E-state index in [1.54, 1.807) is 6.08 Å². The van der Waals surface area contributed by atoms with Crippen molar-refractivity contribution in [2.75, 3.05) is 0 Å². The highest BCUT2D eigenvalue weighted by Crippen LogP contribution is 1.95. The molecule has 0 aromatic carbocycles. The summed E-state index contributed by atoms with van der Waals surface area (Å²) < 4.78 is 0. The Morgan fingerprint density at radius 1 is 1.71 bits per heavy atom. The van der Waals surface area contributed by atoms with Crippen molar-refractivity contribution in [3.8, 4) is 0 Å². The van der Waals surface area contributed by atoms with Crippen LogP contribution in [0.5, 0.6) is 0 Å². The molecule has 0 bridgehead atoms. The molecule has 0 unspecified atom stereocenters. The molecule has 0 aliphatic carbocycles. The van der Waals surface area contributed by atoms with E-state index in [4.69, 9.17) is 0 Å². The normalized spacial score (nSPS) is 11.4. The highest BCUT2D eigenvalue weighted by atomic mass is 13.8. The summed E-state index contributed by atoms with van der Waals surface area (Å²) in [4.78, 5) is 0. The lowest BCUT2D eigenvalue weighted by Crippen LogP contribution is -1.65. The number of hydrogen-bond acceptors (Lipinski definition) is 0.